The molecule has 22 heteroatoms. The van der Waals surface area contributed by atoms with E-state index in [1.165, 1.54) is 0 Å². The number of rotatable bonds is 8. The number of nitrogens with one attached hydrogen (secondary N) is 1. The Kier molecular flexibility index (Phi) is 7.46. The molecule has 0 spiro atoms. The van der Waals surface area contributed by atoms with E-state index in [2.05, 4.69) is 23.3 Å². The third-order valence-corrected chi connectivity index (χ3v) is 8.41. The van der Waals surface area contributed by atoms with Crippen LogP contribution in [-0.4, -0.2) is 76.7 Å². The number of phosphoric ester groups is 1. The summed E-state index contributed by atoms with van der Waals surface area (Å²) in [5.74, 6) is -1.72. The van der Waals surface area contributed by atoms with Crippen molar-refractivity contribution in [3.8, 4) is 6.07 Å². The maximum Gasteiger partial charge on any atom is 0.490 e. The van der Waals surface area contributed by atoms with Gasteiger partial charge in [0.15, 0.2) is 5.69 Å². The minimum atomic E-state index is -5.82. The molecule has 2 unspecified atom stereocenters. The summed E-state index contributed by atoms with van der Waals surface area (Å²) in [4.78, 5) is 59.6. The monoisotopic (exact) mass is 560 g/mol. The SMILES string of the molecule is N#C[C@@]1(c2cnnc3c2CC(=O)NC3=O)O[C@H](COP(=O)(O)OP(=O)(O)OP(=O)(O)O)[C@@H](O)[C@H]1O. The van der Waals surface area contributed by atoms with Crippen molar-refractivity contribution < 1.29 is 71.0 Å². The van der Waals surface area contributed by atoms with Crippen LogP contribution in [0.1, 0.15) is 21.6 Å². The molecule has 3 heterocycles. The lowest BCUT2D eigenvalue weighted by atomic mass is 9.84. The van der Waals surface area contributed by atoms with E-state index in [0.29, 0.717) is 0 Å². The second-order valence-corrected chi connectivity index (χ2v) is 11.4. The Morgan fingerprint density at radius 1 is 1.17 bits per heavy atom. The molecular weight excluding hydrogens is 545 g/mol. The molecule has 0 aromatic carbocycles. The molecule has 3 rings (SSSR count). The smallest absolute Gasteiger partial charge is 0.387 e. The summed E-state index contributed by atoms with van der Waals surface area (Å²) in [6.07, 6.45) is -5.50. The number of aliphatic hydroxyl groups excluding tert-OH is 2. The van der Waals surface area contributed by atoms with Gasteiger partial charge >= 0.3 is 23.5 Å². The summed E-state index contributed by atoms with van der Waals surface area (Å²) < 4.78 is 50.8. The van der Waals surface area contributed by atoms with Gasteiger partial charge in [0, 0.05) is 11.1 Å². The average Bonchev–Trinajstić information content (AvgIpc) is 2.94. The minimum absolute atomic E-state index is 0.143. The maximum atomic E-state index is 12.0. The van der Waals surface area contributed by atoms with E-state index in [1.54, 1.807) is 6.07 Å². The number of carbonyl (C=O) groups excluding carboxylic acids is 2. The predicted molar refractivity (Wildman–Crippen MR) is 102 cm³/mol. The molecule has 192 valence electrons. The third kappa shape index (κ3) is 5.88. The van der Waals surface area contributed by atoms with Crippen molar-refractivity contribution in [2.24, 2.45) is 0 Å². The Morgan fingerprint density at radius 2 is 1.83 bits per heavy atom. The highest BCUT2D eigenvalue weighted by atomic mass is 31.3. The molecule has 6 atom stereocenters. The Labute approximate surface area is 193 Å². The molecule has 35 heavy (non-hydrogen) atoms. The van der Waals surface area contributed by atoms with Crippen molar-refractivity contribution in [1.82, 2.24) is 15.5 Å². The zero-order valence-electron chi connectivity index (χ0n) is 16.8. The summed E-state index contributed by atoms with van der Waals surface area (Å²) in [6.45, 7) is -1.19. The van der Waals surface area contributed by atoms with Gasteiger partial charge in [-0.15, -0.1) is 5.10 Å². The second kappa shape index (κ2) is 9.47. The molecule has 19 nitrogen and oxygen atoms in total. The highest BCUT2D eigenvalue weighted by molar-refractivity contribution is 7.66. The second-order valence-electron chi connectivity index (χ2n) is 6.97. The number of amides is 2. The lowest BCUT2D eigenvalue weighted by molar-refractivity contribution is -0.119. The summed E-state index contributed by atoms with van der Waals surface area (Å²) >= 11 is 0. The molecule has 1 saturated heterocycles. The normalized spacial score (nSPS) is 30.0. The van der Waals surface area contributed by atoms with Crippen LogP contribution in [0.5, 0.6) is 0 Å². The lowest BCUT2D eigenvalue weighted by Gasteiger charge is -2.28. The van der Waals surface area contributed by atoms with Crippen molar-refractivity contribution in [2.75, 3.05) is 6.61 Å². The number of imide groups is 1. The Hall–Kier alpha value is -2.00. The van der Waals surface area contributed by atoms with Crippen LogP contribution in [-0.2, 0) is 48.4 Å². The Morgan fingerprint density at radius 3 is 2.43 bits per heavy atom. The predicted octanol–water partition coefficient (Wildman–Crippen LogP) is -2.53. The molecular formula is C13H15N4O15P3. The number of hydrogen-bond acceptors (Lipinski definition) is 14. The molecule has 0 saturated carbocycles. The topological polar surface area (TPSA) is 305 Å². The maximum absolute atomic E-state index is 12.0. The first-order valence-corrected chi connectivity index (χ1v) is 13.4. The zero-order valence-corrected chi connectivity index (χ0v) is 19.4. The minimum Gasteiger partial charge on any atom is -0.387 e. The number of fused-ring (bicyclic) bond motifs is 1. The first-order valence-electron chi connectivity index (χ1n) is 8.93. The Balaban J connectivity index is 1.84. The van der Waals surface area contributed by atoms with Gasteiger partial charge in [0.2, 0.25) is 11.5 Å². The molecule has 2 aliphatic heterocycles. The fraction of sp³-hybridized carbons (Fsp3) is 0.462. The number of aliphatic hydroxyl groups is 2. The van der Waals surface area contributed by atoms with Gasteiger partial charge in [0.1, 0.15) is 24.4 Å². The van der Waals surface area contributed by atoms with Gasteiger partial charge in [-0.2, -0.15) is 19.0 Å². The number of ether oxygens (including phenoxy) is 1. The third-order valence-electron chi connectivity index (χ3n) is 4.60. The number of aromatic nitrogens is 2. The van der Waals surface area contributed by atoms with Crippen molar-refractivity contribution in [2.45, 2.75) is 30.3 Å². The molecule has 2 amide bonds. The summed E-state index contributed by atoms with van der Waals surface area (Å²) in [5, 5.41) is 39.8. The van der Waals surface area contributed by atoms with Gasteiger partial charge in [0.25, 0.3) is 5.91 Å². The van der Waals surface area contributed by atoms with Crippen LogP contribution in [0.25, 0.3) is 0 Å². The van der Waals surface area contributed by atoms with Crippen LogP contribution in [0.15, 0.2) is 6.20 Å². The van der Waals surface area contributed by atoms with E-state index < -0.39 is 72.2 Å². The van der Waals surface area contributed by atoms with Crippen molar-refractivity contribution in [3.05, 3.63) is 23.0 Å². The van der Waals surface area contributed by atoms with Crippen molar-refractivity contribution >= 4 is 35.3 Å². The molecule has 1 fully saturated rings. The van der Waals surface area contributed by atoms with Gasteiger partial charge in [-0.25, -0.2) is 13.7 Å². The van der Waals surface area contributed by atoms with Gasteiger partial charge in [-0.3, -0.25) is 19.4 Å². The Bertz CT molecular complexity index is 1240. The highest BCUT2D eigenvalue weighted by Gasteiger charge is 2.58. The summed E-state index contributed by atoms with van der Waals surface area (Å²) in [7, 11) is -17.1. The zero-order chi connectivity index (χ0) is 26.4. The first kappa shape index (κ1) is 27.6. The molecule has 1 aromatic rings. The number of nitrogens with zero attached hydrogens (tertiary/aromatic N) is 3. The fourth-order valence-electron chi connectivity index (χ4n) is 3.28. The first-order chi connectivity index (χ1) is 16.0. The van der Waals surface area contributed by atoms with Gasteiger partial charge < -0.3 is 34.5 Å². The number of nitriles is 1. The van der Waals surface area contributed by atoms with Gasteiger partial charge in [0.05, 0.1) is 19.2 Å². The van der Waals surface area contributed by atoms with Crippen molar-refractivity contribution in [1.29, 1.82) is 5.26 Å². The van der Waals surface area contributed by atoms with Crippen LogP contribution in [0.3, 0.4) is 0 Å². The summed E-state index contributed by atoms with van der Waals surface area (Å²) in [6, 6.07) is 1.59. The number of hydrogen-bond donors (Lipinski definition) is 7. The van der Waals surface area contributed by atoms with Crippen LogP contribution in [0.2, 0.25) is 0 Å². The van der Waals surface area contributed by atoms with Crippen LogP contribution >= 0.6 is 23.5 Å². The largest absolute Gasteiger partial charge is 0.490 e. The number of phosphoric acid groups is 3. The van der Waals surface area contributed by atoms with E-state index in [1.807, 2.05) is 5.32 Å². The van der Waals surface area contributed by atoms with E-state index in [4.69, 9.17) is 19.4 Å². The molecule has 0 aliphatic carbocycles. The van der Waals surface area contributed by atoms with E-state index >= 15 is 0 Å². The molecule has 0 bridgehead atoms. The quantitative estimate of drug-likeness (QED) is 0.127. The fourth-order valence-corrected chi connectivity index (χ4v) is 6.31. The van der Waals surface area contributed by atoms with Gasteiger partial charge in [-0.05, 0) is 0 Å². The van der Waals surface area contributed by atoms with Crippen molar-refractivity contribution in [3.63, 3.8) is 0 Å². The van der Waals surface area contributed by atoms with E-state index in [0.717, 1.165) is 6.20 Å². The van der Waals surface area contributed by atoms with Gasteiger partial charge in [-0.1, -0.05) is 0 Å². The van der Waals surface area contributed by atoms with Crippen LogP contribution in [0.4, 0.5) is 0 Å². The average molecular weight is 560 g/mol. The summed E-state index contributed by atoms with van der Waals surface area (Å²) in [5.41, 5.74) is -3.31. The van der Waals surface area contributed by atoms with Crippen LogP contribution in [0, 0.1) is 11.3 Å². The van der Waals surface area contributed by atoms with E-state index in [9.17, 15) is 43.7 Å². The molecule has 7 N–H and O–H groups in total. The molecule has 2 aliphatic rings. The van der Waals surface area contributed by atoms with Crippen LogP contribution < -0.4 is 5.32 Å². The standard InChI is InChI=1S/C13H15N4O15P3/c14-4-13(6-2-15-17-9-5(6)1-8(18)16-12(9)21)11(20)10(19)7(30-13)3-29-34(25,26)32-35(27,28)31-33(22,23)24/h2,7,10-11,19-20H,1,3H2,(H,25,26)(H,27,28)(H,16,18,21)(H2,22,23,24)/t7-,10-,11-,13+/m1/s1. The lowest BCUT2D eigenvalue weighted by Crippen LogP contribution is -2.44. The van der Waals surface area contributed by atoms with E-state index in [-0.39, 0.29) is 16.8 Å². The molecule has 1 aromatic heterocycles. The highest BCUT2D eigenvalue weighted by Crippen LogP contribution is 2.66. The molecule has 0 radical (unpaired) electrons. The number of carbonyl (C=O) groups is 2.